The number of nitrogens with one attached hydrogen (secondary N) is 2. The Morgan fingerprint density at radius 2 is 2.29 bits per heavy atom. The van der Waals surface area contributed by atoms with E-state index >= 15 is 0 Å². The normalized spacial score (nSPS) is 20.0. The summed E-state index contributed by atoms with van der Waals surface area (Å²) in [7, 11) is 0. The van der Waals surface area contributed by atoms with Crippen LogP contribution in [0, 0.1) is 5.82 Å². The van der Waals surface area contributed by atoms with Crippen molar-refractivity contribution in [3.8, 4) is 0 Å². The lowest BCUT2D eigenvalue weighted by Gasteiger charge is -2.35. The summed E-state index contributed by atoms with van der Waals surface area (Å²) >= 11 is 0. The van der Waals surface area contributed by atoms with Gasteiger partial charge in [0.05, 0.1) is 18.3 Å². The summed E-state index contributed by atoms with van der Waals surface area (Å²) in [6.07, 6.45) is 1.76. The molecule has 3 N–H and O–H groups in total. The van der Waals surface area contributed by atoms with Gasteiger partial charge < -0.3 is 20.6 Å². The Balaban J connectivity index is 1.92. The van der Waals surface area contributed by atoms with Gasteiger partial charge >= 0.3 is 6.03 Å². The van der Waals surface area contributed by atoms with Crippen LogP contribution >= 0.6 is 0 Å². The molecular weight excluding hydrogens is 273 g/mol. The van der Waals surface area contributed by atoms with Gasteiger partial charge in [-0.25, -0.2) is 9.18 Å². The molecule has 0 saturated carbocycles. The van der Waals surface area contributed by atoms with Gasteiger partial charge in [-0.1, -0.05) is 12.1 Å². The molecule has 1 aromatic carbocycles. The lowest BCUT2D eigenvalue weighted by Crippen LogP contribution is -2.52. The number of anilines is 1. The molecule has 0 bridgehead atoms. The van der Waals surface area contributed by atoms with E-state index in [4.69, 9.17) is 5.11 Å². The van der Waals surface area contributed by atoms with E-state index < -0.39 is 0 Å². The second-order valence-electron chi connectivity index (χ2n) is 5.44. The van der Waals surface area contributed by atoms with Gasteiger partial charge in [0, 0.05) is 19.1 Å². The van der Waals surface area contributed by atoms with E-state index in [1.54, 1.807) is 19.1 Å². The van der Waals surface area contributed by atoms with Crippen LogP contribution in [0.25, 0.3) is 0 Å². The molecule has 0 aliphatic carbocycles. The van der Waals surface area contributed by atoms with E-state index in [9.17, 15) is 9.18 Å². The molecule has 0 radical (unpaired) electrons. The number of hydrogen-bond acceptors (Lipinski definition) is 3. The SMILES string of the molecule is C[C@@H](CO)NC(=O)NC1CCCN(c2ccccc2F)C1. The smallest absolute Gasteiger partial charge is 0.315 e. The van der Waals surface area contributed by atoms with Gasteiger partial charge in [0.15, 0.2) is 0 Å². The van der Waals surface area contributed by atoms with Gasteiger partial charge in [-0.15, -0.1) is 0 Å². The van der Waals surface area contributed by atoms with Crippen molar-refractivity contribution in [1.82, 2.24) is 10.6 Å². The molecule has 21 heavy (non-hydrogen) atoms. The summed E-state index contributed by atoms with van der Waals surface area (Å²) < 4.78 is 13.8. The third-order valence-corrected chi connectivity index (χ3v) is 3.60. The van der Waals surface area contributed by atoms with Crippen LogP contribution < -0.4 is 15.5 Å². The number of aliphatic hydroxyl groups excluding tert-OH is 1. The van der Waals surface area contributed by atoms with Crippen LogP contribution in [0.4, 0.5) is 14.9 Å². The number of benzene rings is 1. The Hall–Kier alpha value is -1.82. The number of rotatable bonds is 4. The number of piperidine rings is 1. The zero-order valence-corrected chi connectivity index (χ0v) is 12.2. The van der Waals surface area contributed by atoms with E-state index in [0.717, 1.165) is 19.4 Å². The highest BCUT2D eigenvalue weighted by Crippen LogP contribution is 2.22. The minimum Gasteiger partial charge on any atom is -0.394 e. The van der Waals surface area contributed by atoms with E-state index in [1.807, 2.05) is 11.0 Å². The molecule has 0 aromatic heterocycles. The Kier molecular flexibility index (Phi) is 5.38. The van der Waals surface area contributed by atoms with Crippen molar-refractivity contribution >= 4 is 11.7 Å². The van der Waals surface area contributed by atoms with E-state index in [1.165, 1.54) is 6.07 Å². The van der Waals surface area contributed by atoms with Crippen molar-refractivity contribution < 1.29 is 14.3 Å². The minimum atomic E-state index is -0.295. The summed E-state index contributed by atoms with van der Waals surface area (Å²) in [5.74, 6) is -0.239. The number of aliphatic hydroxyl groups is 1. The van der Waals surface area contributed by atoms with Crippen LogP contribution in [-0.2, 0) is 0 Å². The molecule has 6 heteroatoms. The Bertz CT molecular complexity index is 484. The maximum Gasteiger partial charge on any atom is 0.315 e. The number of para-hydroxylation sites is 1. The third-order valence-electron chi connectivity index (χ3n) is 3.60. The quantitative estimate of drug-likeness (QED) is 0.788. The van der Waals surface area contributed by atoms with Crippen molar-refractivity contribution in [2.24, 2.45) is 0 Å². The van der Waals surface area contributed by atoms with Crippen LogP contribution in [0.5, 0.6) is 0 Å². The molecule has 1 saturated heterocycles. The van der Waals surface area contributed by atoms with Crippen molar-refractivity contribution in [2.45, 2.75) is 31.8 Å². The van der Waals surface area contributed by atoms with Crippen LogP contribution in [0.15, 0.2) is 24.3 Å². The van der Waals surface area contributed by atoms with Crippen molar-refractivity contribution in [3.05, 3.63) is 30.1 Å². The number of carbonyl (C=O) groups is 1. The van der Waals surface area contributed by atoms with Gasteiger partial charge in [-0.2, -0.15) is 0 Å². The maximum absolute atomic E-state index is 13.8. The number of amides is 2. The van der Waals surface area contributed by atoms with Crippen LogP contribution in [0.1, 0.15) is 19.8 Å². The first-order valence-corrected chi connectivity index (χ1v) is 7.27. The van der Waals surface area contributed by atoms with E-state index in [0.29, 0.717) is 12.2 Å². The Labute approximate surface area is 124 Å². The van der Waals surface area contributed by atoms with E-state index in [2.05, 4.69) is 10.6 Å². The zero-order chi connectivity index (χ0) is 15.2. The summed E-state index contributed by atoms with van der Waals surface area (Å²) in [5, 5.41) is 14.4. The number of urea groups is 1. The molecule has 0 spiro atoms. The Morgan fingerprint density at radius 1 is 1.52 bits per heavy atom. The molecule has 1 aromatic rings. The topological polar surface area (TPSA) is 64.6 Å². The summed E-state index contributed by atoms with van der Waals surface area (Å²) in [6.45, 7) is 3.00. The molecule has 2 atom stereocenters. The molecule has 5 nitrogen and oxygen atoms in total. The van der Waals surface area contributed by atoms with Crippen LogP contribution in [0.2, 0.25) is 0 Å². The predicted molar refractivity (Wildman–Crippen MR) is 79.9 cm³/mol. The minimum absolute atomic E-state index is 0.0238. The largest absolute Gasteiger partial charge is 0.394 e. The second-order valence-corrected chi connectivity index (χ2v) is 5.44. The first-order chi connectivity index (χ1) is 10.1. The average molecular weight is 295 g/mol. The van der Waals surface area contributed by atoms with Crippen molar-refractivity contribution in [2.75, 3.05) is 24.6 Å². The monoisotopic (exact) mass is 295 g/mol. The van der Waals surface area contributed by atoms with Gasteiger partial charge in [0.1, 0.15) is 5.82 Å². The molecule has 1 heterocycles. The summed E-state index contributed by atoms with van der Waals surface area (Å²) in [5.41, 5.74) is 0.577. The zero-order valence-electron chi connectivity index (χ0n) is 12.2. The van der Waals surface area contributed by atoms with E-state index in [-0.39, 0.29) is 30.5 Å². The second kappa shape index (κ2) is 7.26. The fourth-order valence-electron chi connectivity index (χ4n) is 2.52. The fourth-order valence-corrected chi connectivity index (χ4v) is 2.52. The first kappa shape index (κ1) is 15.6. The average Bonchev–Trinajstić information content (AvgIpc) is 2.47. The number of carbonyl (C=O) groups excluding carboxylic acids is 1. The lowest BCUT2D eigenvalue weighted by molar-refractivity contribution is 0.216. The first-order valence-electron chi connectivity index (χ1n) is 7.27. The lowest BCUT2D eigenvalue weighted by atomic mass is 10.0. The molecule has 1 unspecified atom stereocenters. The molecule has 116 valence electrons. The Morgan fingerprint density at radius 3 is 3.00 bits per heavy atom. The molecule has 1 aliphatic rings. The highest BCUT2D eigenvalue weighted by molar-refractivity contribution is 5.74. The summed E-state index contributed by atoms with van der Waals surface area (Å²) in [4.78, 5) is 13.7. The molecule has 1 fully saturated rings. The molecule has 1 aliphatic heterocycles. The third kappa shape index (κ3) is 4.32. The standard InChI is InChI=1S/C15H22FN3O2/c1-11(10-20)17-15(21)18-12-5-4-8-19(9-12)14-7-3-2-6-13(14)16/h2-3,6-7,11-12,20H,4-5,8-10H2,1H3,(H2,17,18,21)/t11-,12?/m0/s1. The van der Waals surface area contributed by atoms with Gasteiger partial charge in [-0.05, 0) is 31.9 Å². The summed E-state index contributed by atoms with van der Waals surface area (Å²) in [6, 6.07) is 6.08. The highest BCUT2D eigenvalue weighted by Gasteiger charge is 2.23. The number of hydrogen-bond donors (Lipinski definition) is 3. The van der Waals surface area contributed by atoms with Gasteiger partial charge in [0.25, 0.3) is 0 Å². The maximum atomic E-state index is 13.8. The fraction of sp³-hybridized carbons (Fsp3) is 0.533. The predicted octanol–water partition coefficient (Wildman–Crippen LogP) is 1.47. The number of halogens is 1. The van der Waals surface area contributed by atoms with Crippen molar-refractivity contribution in [1.29, 1.82) is 0 Å². The number of nitrogens with zero attached hydrogens (tertiary/aromatic N) is 1. The molecule has 2 amide bonds. The highest BCUT2D eigenvalue weighted by atomic mass is 19.1. The molecule has 2 rings (SSSR count). The van der Waals surface area contributed by atoms with Crippen LogP contribution in [0.3, 0.4) is 0 Å². The van der Waals surface area contributed by atoms with Gasteiger partial charge in [-0.3, -0.25) is 0 Å². The van der Waals surface area contributed by atoms with Crippen molar-refractivity contribution in [3.63, 3.8) is 0 Å². The van der Waals surface area contributed by atoms with Crippen LogP contribution in [-0.4, -0.2) is 42.9 Å². The van der Waals surface area contributed by atoms with Gasteiger partial charge in [0.2, 0.25) is 0 Å². The molecular formula is C15H22FN3O2.